The Balaban J connectivity index is 1.45. The van der Waals surface area contributed by atoms with Crippen molar-refractivity contribution in [3.8, 4) is 6.07 Å². The van der Waals surface area contributed by atoms with Crippen LogP contribution in [-0.2, 0) is 22.4 Å². The Kier molecular flexibility index (Phi) is 5.84. The average Bonchev–Trinajstić information content (AvgIpc) is 3.12. The summed E-state index contributed by atoms with van der Waals surface area (Å²) >= 11 is 7.23. The lowest BCUT2D eigenvalue weighted by atomic mass is 9.96. The van der Waals surface area contributed by atoms with Gasteiger partial charge in [-0.15, -0.1) is 11.3 Å². The highest BCUT2D eigenvalue weighted by Gasteiger charge is 2.23. The van der Waals surface area contributed by atoms with Gasteiger partial charge in [-0.3, -0.25) is 14.4 Å². The summed E-state index contributed by atoms with van der Waals surface area (Å²) in [5.74, 6) is -1.98. The van der Waals surface area contributed by atoms with E-state index < -0.39 is 11.8 Å². The van der Waals surface area contributed by atoms with Gasteiger partial charge in [0.25, 0.3) is 0 Å². The Morgan fingerprint density at radius 1 is 1.26 bits per heavy atom. The summed E-state index contributed by atoms with van der Waals surface area (Å²) in [5, 5.41) is 16.6. The molecule has 3 aromatic rings. The van der Waals surface area contributed by atoms with Crippen LogP contribution in [0.15, 0.2) is 38.8 Å². The monoisotopic (exact) mass is 454 g/mol. The number of hydrogen-bond donors (Lipinski definition) is 2. The minimum absolute atomic E-state index is 0.0770. The molecule has 0 atom stereocenters. The Morgan fingerprint density at radius 2 is 2.06 bits per heavy atom. The van der Waals surface area contributed by atoms with Crippen LogP contribution in [0.4, 0.5) is 5.00 Å². The molecule has 156 valence electrons. The molecule has 4 rings (SSSR count). The van der Waals surface area contributed by atoms with E-state index in [2.05, 4.69) is 21.9 Å². The van der Waals surface area contributed by atoms with Gasteiger partial charge < -0.3 is 9.73 Å². The molecule has 0 bridgehead atoms. The molecular weight excluding hydrogens is 440 g/mol. The number of hydrazone groups is 1. The molecule has 2 heterocycles. The zero-order valence-corrected chi connectivity index (χ0v) is 17.6. The first-order valence-electron chi connectivity index (χ1n) is 9.38. The fraction of sp³-hybridized carbons (Fsp3) is 0.190. The summed E-state index contributed by atoms with van der Waals surface area (Å²) < 4.78 is 5.36. The van der Waals surface area contributed by atoms with E-state index >= 15 is 0 Å². The number of anilines is 1. The maximum Gasteiger partial charge on any atom is 0.329 e. The summed E-state index contributed by atoms with van der Waals surface area (Å²) in [5.41, 5.74) is 3.50. The Labute approximate surface area is 185 Å². The summed E-state index contributed by atoms with van der Waals surface area (Å²) in [4.78, 5) is 37.8. The largest absolute Gasteiger partial charge is 0.463 e. The van der Waals surface area contributed by atoms with E-state index in [0.717, 1.165) is 42.3 Å². The van der Waals surface area contributed by atoms with E-state index in [1.807, 2.05) is 0 Å². The van der Waals surface area contributed by atoms with Crippen LogP contribution in [0.3, 0.4) is 0 Å². The number of halogens is 1. The van der Waals surface area contributed by atoms with Crippen molar-refractivity contribution in [2.45, 2.75) is 25.7 Å². The van der Waals surface area contributed by atoms with E-state index in [-0.39, 0.29) is 16.4 Å². The van der Waals surface area contributed by atoms with Crippen molar-refractivity contribution in [1.82, 2.24) is 5.43 Å². The van der Waals surface area contributed by atoms with Crippen LogP contribution in [0.2, 0.25) is 5.02 Å². The minimum Gasteiger partial charge on any atom is -0.463 e. The third-order valence-electron chi connectivity index (χ3n) is 4.85. The molecule has 2 amide bonds. The molecule has 10 heteroatoms. The second-order valence-electron chi connectivity index (χ2n) is 6.84. The SMILES string of the molecule is N#Cc1c(NC(=O)C(=O)NN=Cc2coc3ccc(Cl)cc3c2=O)sc2c1CCCC2. The third kappa shape index (κ3) is 4.21. The van der Waals surface area contributed by atoms with Crippen LogP contribution in [0, 0.1) is 11.3 Å². The lowest BCUT2D eigenvalue weighted by Gasteiger charge is -2.09. The maximum absolute atomic E-state index is 12.5. The zero-order chi connectivity index (χ0) is 22.0. The molecule has 0 radical (unpaired) electrons. The van der Waals surface area contributed by atoms with Gasteiger partial charge >= 0.3 is 11.8 Å². The van der Waals surface area contributed by atoms with Gasteiger partial charge in [-0.05, 0) is 49.4 Å². The van der Waals surface area contributed by atoms with Crippen LogP contribution in [0.25, 0.3) is 11.0 Å². The molecule has 0 fully saturated rings. The molecule has 0 saturated heterocycles. The van der Waals surface area contributed by atoms with Crippen LogP contribution in [-0.4, -0.2) is 18.0 Å². The molecule has 8 nitrogen and oxygen atoms in total. The topological polar surface area (TPSA) is 125 Å². The Morgan fingerprint density at radius 3 is 2.87 bits per heavy atom. The molecule has 1 aliphatic rings. The van der Waals surface area contributed by atoms with Gasteiger partial charge in [0.05, 0.1) is 22.7 Å². The van der Waals surface area contributed by atoms with Crippen molar-refractivity contribution in [3.05, 3.63) is 61.3 Å². The van der Waals surface area contributed by atoms with Gasteiger partial charge in [-0.2, -0.15) is 10.4 Å². The number of hydrogen-bond acceptors (Lipinski definition) is 7. The number of benzene rings is 1. The zero-order valence-electron chi connectivity index (χ0n) is 16.0. The van der Waals surface area contributed by atoms with Gasteiger partial charge in [0.15, 0.2) is 0 Å². The van der Waals surface area contributed by atoms with E-state index in [0.29, 0.717) is 21.2 Å². The van der Waals surface area contributed by atoms with Crippen molar-refractivity contribution >= 4 is 56.9 Å². The number of rotatable bonds is 3. The standard InChI is InChI=1S/C21H15ClN4O4S/c22-12-5-6-16-14(7-12)18(27)11(10-30-16)9-24-26-20(29)19(28)25-21-15(8-23)13-3-1-2-4-17(13)31-21/h5-7,9-10H,1-4H2,(H,25,28)(H,26,29). The first kappa shape index (κ1) is 20.8. The third-order valence-corrected chi connectivity index (χ3v) is 6.29. The number of nitrogens with one attached hydrogen (secondary N) is 2. The normalized spacial score (nSPS) is 13.0. The number of fused-ring (bicyclic) bond motifs is 2. The molecule has 2 aromatic heterocycles. The lowest BCUT2D eigenvalue weighted by molar-refractivity contribution is -0.136. The number of amides is 2. The Bertz CT molecular complexity index is 1340. The maximum atomic E-state index is 12.5. The highest BCUT2D eigenvalue weighted by molar-refractivity contribution is 7.16. The smallest absolute Gasteiger partial charge is 0.329 e. The molecule has 0 saturated carbocycles. The quantitative estimate of drug-likeness (QED) is 0.356. The summed E-state index contributed by atoms with van der Waals surface area (Å²) in [7, 11) is 0. The fourth-order valence-electron chi connectivity index (χ4n) is 3.35. The molecule has 2 N–H and O–H groups in total. The number of carbonyl (C=O) groups excluding carboxylic acids is 2. The van der Waals surface area contributed by atoms with Gasteiger partial charge in [0, 0.05) is 9.90 Å². The van der Waals surface area contributed by atoms with E-state index in [9.17, 15) is 19.6 Å². The van der Waals surface area contributed by atoms with E-state index in [1.165, 1.54) is 23.7 Å². The molecule has 0 unspecified atom stereocenters. The fourth-order valence-corrected chi connectivity index (χ4v) is 4.76. The van der Waals surface area contributed by atoms with E-state index in [4.69, 9.17) is 16.0 Å². The lowest BCUT2D eigenvalue weighted by Crippen LogP contribution is -2.32. The van der Waals surface area contributed by atoms with Crippen LogP contribution in [0.5, 0.6) is 0 Å². The summed E-state index contributed by atoms with van der Waals surface area (Å²) in [6.07, 6.45) is 5.97. The van der Waals surface area contributed by atoms with Gasteiger partial charge in [-0.25, -0.2) is 5.43 Å². The van der Waals surface area contributed by atoms with Crippen molar-refractivity contribution < 1.29 is 14.0 Å². The number of aryl methyl sites for hydroxylation is 1. The molecule has 31 heavy (non-hydrogen) atoms. The number of nitriles is 1. The number of carbonyl (C=O) groups is 2. The summed E-state index contributed by atoms with van der Waals surface area (Å²) in [6.45, 7) is 0. The molecule has 0 spiro atoms. The van der Waals surface area contributed by atoms with Crippen LogP contribution >= 0.6 is 22.9 Å². The highest BCUT2D eigenvalue weighted by Crippen LogP contribution is 2.37. The first-order valence-corrected chi connectivity index (χ1v) is 10.6. The second kappa shape index (κ2) is 8.71. The Hall–Kier alpha value is -3.48. The molecule has 0 aliphatic heterocycles. The van der Waals surface area contributed by atoms with Crippen molar-refractivity contribution in [1.29, 1.82) is 5.26 Å². The van der Waals surface area contributed by atoms with Gasteiger partial charge in [-0.1, -0.05) is 11.6 Å². The van der Waals surface area contributed by atoms with Gasteiger partial charge in [0.2, 0.25) is 5.43 Å². The summed E-state index contributed by atoms with van der Waals surface area (Å²) in [6, 6.07) is 6.76. The number of thiophene rings is 1. The predicted octanol–water partition coefficient (Wildman–Crippen LogP) is 3.35. The second-order valence-corrected chi connectivity index (χ2v) is 8.38. The van der Waals surface area contributed by atoms with Gasteiger partial charge in [0.1, 0.15) is 22.9 Å². The average molecular weight is 455 g/mol. The molecule has 1 aromatic carbocycles. The van der Waals surface area contributed by atoms with Crippen LogP contribution < -0.4 is 16.2 Å². The minimum atomic E-state index is -1.03. The van der Waals surface area contributed by atoms with E-state index in [1.54, 1.807) is 12.1 Å². The molecular formula is C21H15ClN4O4S. The van der Waals surface area contributed by atoms with Crippen molar-refractivity contribution in [2.24, 2.45) is 5.10 Å². The highest BCUT2D eigenvalue weighted by atomic mass is 35.5. The molecule has 1 aliphatic carbocycles. The van der Waals surface area contributed by atoms with Crippen molar-refractivity contribution in [3.63, 3.8) is 0 Å². The predicted molar refractivity (Wildman–Crippen MR) is 118 cm³/mol. The number of nitrogens with zero attached hydrogens (tertiary/aromatic N) is 2. The van der Waals surface area contributed by atoms with Crippen LogP contribution in [0.1, 0.15) is 34.4 Å². The van der Waals surface area contributed by atoms with Crippen molar-refractivity contribution in [2.75, 3.05) is 5.32 Å². The first-order chi connectivity index (χ1) is 15.0.